The fourth-order valence-corrected chi connectivity index (χ4v) is 3.22. The zero-order chi connectivity index (χ0) is 11.7. The Hall–Kier alpha value is -0.800. The molecule has 0 N–H and O–H groups in total. The first-order valence-corrected chi connectivity index (χ1v) is 6.80. The van der Waals surface area contributed by atoms with E-state index in [9.17, 15) is 4.21 Å². The maximum Gasteiger partial charge on any atom is 0.124 e. The van der Waals surface area contributed by atoms with Gasteiger partial charge in [0, 0.05) is 10.7 Å². The van der Waals surface area contributed by atoms with E-state index in [1.54, 1.807) is 0 Å². The normalized spacial score (nSPS) is 21.4. The third-order valence-electron chi connectivity index (χ3n) is 2.81. The van der Waals surface area contributed by atoms with Gasteiger partial charge in [-0.3, -0.25) is 4.31 Å². The van der Waals surface area contributed by atoms with Crippen LogP contribution in [0.15, 0.2) is 35.4 Å². The molecule has 1 unspecified atom stereocenters. The Labute approximate surface area is 103 Å². The Kier molecular flexibility index (Phi) is 3.36. The summed E-state index contributed by atoms with van der Waals surface area (Å²) in [6.45, 7) is 4.88. The molecule has 2 rings (SSSR count). The highest BCUT2D eigenvalue weighted by molar-refractivity contribution is 7.86. The molecule has 0 amide bonds. The Balaban J connectivity index is 2.29. The average Bonchev–Trinajstić information content (AvgIpc) is 2.25. The highest BCUT2D eigenvalue weighted by atomic mass is 35.5. The molecule has 1 aliphatic rings. The Morgan fingerprint density at radius 1 is 1.19 bits per heavy atom. The summed E-state index contributed by atoms with van der Waals surface area (Å²) in [6.07, 6.45) is 0. The third-order valence-corrected chi connectivity index (χ3v) is 4.57. The van der Waals surface area contributed by atoms with E-state index in [1.807, 2.05) is 35.5 Å². The van der Waals surface area contributed by atoms with Gasteiger partial charge in [-0.15, -0.1) is 0 Å². The standard InChI is InChI=1S/C12H14ClNOS/c1-9-7-14(16(15)8-10(9)2)12-5-3-11(13)4-6-12/h3-6H,7-8H2,1-2H3. The summed E-state index contributed by atoms with van der Waals surface area (Å²) in [5, 5.41) is 0.704. The molecule has 4 heteroatoms. The molecule has 0 aliphatic carbocycles. The van der Waals surface area contributed by atoms with Crippen molar-refractivity contribution < 1.29 is 4.21 Å². The van der Waals surface area contributed by atoms with Crippen LogP contribution in [0.2, 0.25) is 5.02 Å². The molecule has 2 nitrogen and oxygen atoms in total. The minimum Gasteiger partial charge on any atom is -0.287 e. The number of hydrogen-bond donors (Lipinski definition) is 0. The molecule has 0 saturated heterocycles. The van der Waals surface area contributed by atoms with Crippen LogP contribution < -0.4 is 4.31 Å². The lowest BCUT2D eigenvalue weighted by atomic mass is 10.1. The molecule has 0 bridgehead atoms. The summed E-state index contributed by atoms with van der Waals surface area (Å²) in [4.78, 5) is 0. The smallest absolute Gasteiger partial charge is 0.124 e. The first-order valence-electron chi connectivity index (χ1n) is 5.15. The fraction of sp³-hybridized carbons (Fsp3) is 0.333. The van der Waals surface area contributed by atoms with Gasteiger partial charge in [0.25, 0.3) is 0 Å². The van der Waals surface area contributed by atoms with Crippen molar-refractivity contribution in [2.24, 2.45) is 0 Å². The second-order valence-corrected chi connectivity index (χ2v) is 5.85. The highest BCUT2D eigenvalue weighted by Gasteiger charge is 2.20. The lowest BCUT2D eigenvalue weighted by Gasteiger charge is -2.29. The minimum absolute atomic E-state index is 0.633. The summed E-state index contributed by atoms with van der Waals surface area (Å²) in [7, 11) is -0.954. The molecule has 1 aliphatic heterocycles. The predicted octanol–water partition coefficient (Wildman–Crippen LogP) is 3.16. The summed E-state index contributed by atoms with van der Waals surface area (Å²) >= 11 is 5.84. The predicted molar refractivity (Wildman–Crippen MR) is 70.2 cm³/mol. The SMILES string of the molecule is CC1=C(C)CS(=O)N(c2ccc(Cl)cc2)C1. The van der Waals surface area contributed by atoms with Gasteiger partial charge in [-0.25, -0.2) is 4.21 Å². The van der Waals surface area contributed by atoms with Crippen LogP contribution >= 0.6 is 11.6 Å². The van der Waals surface area contributed by atoms with Gasteiger partial charge in [0.2, 0.25) is 0 Å². The van der Waals surface area contributed by atoms with Crippen LogP contribution in [-0.2, 0) is 11.0 Å². The lowest BCUT2D eigenvalue weighted by Crippen LogP contribution is -2.34. The van der Waals surface area contributed by atoms with Crippen LogP contribution in [0.5, 0.6) is 0 Å². The first kappa shape index (κ1) is 11.7. The molecule has 0 spiro atoms. The molecule has 86 valence electrons. The average molecular weight is 256 g/mol. The van der Waals surface area contributed by atoms with Gasteiger partial charge in [-0.2, -0.15) is 0 Å². The van der Waals surface area contributed by atoms with Crippen LogP contribution in [0.3, 0.4) is 0 Å². The summed E-state index contributed by atoms with van der Waals surface area (Å²) in [6, 6.07) is 7.48. The molecule has 0 fully saturated rings. The third kappa shape index (κ3) is 2.30. The number of anilines is 1. The topological polar surface area (TPSA) is 20.3 Å². The van der Waals surface area contributed by atoms with Crippen LogP contribution in [0.25, 0.3) is 0 Å². The summed E-state index contributed by atoms with van der Waals surface area (Å²) in [5.74, 6) is 0.633. The Morgan fingerprint density at radius 2 is 1.81 bits per heavy atom. The summed E-state index contributed by atoms with van der Waals surface area (Å²) < 4.78 is 13.9. The molecule has 1 aromatic carbocycles. The highest BCUT2D eigenvalue weighted by Crippen LogP contribution is 2.25. The van der Waals surface area contributed by atoms with Crippen molar-refractivity contribution in [2.75, 3.05) is 16.6 Å². The van der Waals surface area contributed by atoms with Gasteiger partial charge in [-0.05, 0) is 38.1 Å². The van der Waals surface area contributed by atoms with E-state index in [0.29, 0.717) is 10.8 Å². The Morgan fingerprint density at radius 3 is 2.44 bits per heavy atom. The van der Waals surface area contributed by atoms with E-state index in [0.717, 1.165) is 12.2 Å². The van der Waals surface area contributed by atoms with Crippen LogP contribution in [0, 0.1) is 0 Å². The van der Waals surface area contributed by atoms with Crippen molar-refractivity contribution in [1.82, 2.24) is 0 Å². The number of rotatable bonds is 1. The van der Waals surface area contributed by atoms with E-state index in [-0.39, 0.29) is 0 Å². The van der Waals surface area contributed by atoms with Gasteiger partial charge in [0.05, 0.1) is 12.3 Å². The number of hydrogen-bond acceptors (Lipinski definition) is 1. The molecule has 0 aromatic heterocycles. The number of nitrogens with zero attached hydrogens (tertiary/aromatic N) is 1. The summed E-state index contributed by atoms with van der Waals surface area (Å²) in [5.41, 5.74) is 3.51. The van der Waals surface area contributed by atoms with E-state index < -0.39 is 11.0 Å². The van der Waals surface area contributed by atoms with Gasteiger partial charge in [0.1, 0.15) is 11.0 Å². The molecular weight excluding hydrogens is 242 g/mol. The zero-order valence-electron chi connectivity index (χ0n) is 9.37. The van der Waals surface area contributed by atoms with E-state index in [1.165, 1.54) is 11.1 Å². The second-order valence-electron chi connectivity index (χ2n) is 4.04. The molecule has 1 heterocycles. The van der Waals surface area contributed by atoms with E-state index in [2.05, 4.69) is 6.92 Å². The largest absolute Gasteiger partial charge is 0.287 e. The van der Waals surface area contributed by atoms with Gasteiger partial charge in [-0.1, -0.05) is 22.7 Å². The van der Waals surface area contributed by atoms with Crippen LogP contribution in [-0.4, -0.2) is 16.5 Å². The maximum atomic E-state index is 12.0. The molecule has 0 radical (unpaired) electrons. The van der Waals surface area contributed by atoms with E-state index >= 15 is 0 Å². The van der Waals surface area contributed by atoms with E-state index in [4.69, 9.17) is 11.6 Å². The van der Waals surface area contributed by atoms with Crippen molar-refractivity contribution in [2.45, 2.75) is 13.8 Å². The molecular formula is C12H14ClNOS. The molecule has 1 aromatic rings. The number of benzene rings is 1. The van der Waals surface area contributed by atoms with Crippen molar-refractivity contribution in [3.63, 3.8) is 0 Å². The fourth-order valence-electron chi connectivity index (χ4n) is 1.62. The van der Waals surface area contributed by atoms with Crippen LogP contribution in [0.1, 0.15) is 13.8 Å². The zero-order valence-corrected chi connectivity index (χ0v) is 10.9. The Bertz CT molecular complexity index is 453. The second kappa shape index (κ2) is 4.60. The van der Waals surface area contributed by atoms with Crippen molar-refractivity contribution in [3.05, 3.63) is 40.4 Å². The molecule has 1 atom stereocenters. The quantitative estimate of drug-likeness (QED) is 0.706. The van der Waals surface area contributed by atoms with Gasteiger partial charge < -0.3 is 0 Å². The van der Waals surface area contributed by atoms with Gasteiger partial charge >= 0.3 is 0 Å². The minimum atomic E-state index is -0.954. The van der Waals surface area contributed by atoms with Crippen molar-refractivity contribution >= 4 is 28.3 Å². The van der Waals surface area contributed by atoms with Crippen molar-refractivity contribution in [1.29, 1.82) is 0 Å². The van der Waals surface area contributed by atoms with Gasteiger partial charge in [0.15, 0.2) is 0 Å². The molecule has 16 heavy (non-hydrogen) atoms. The maximum absolute atomic E-state index is 12.0. The van der Waals surface area contributed by atoms with Crippen LogP contribution in [0.4, 0.5) is 5.69 Å². The first-order chi connectivity index (χ1) is 7.58. The number of halogens is 1. The van der Waals surface area contributed by atoms with Crippen molar-refractivity contribution in [3.8, 4) is 0 Å². The molecule has 0 saturated carbocycles. The lowest BCUT2D eigenvalue weighted by molar-refractivity contribution is 0.679. The monoisotopic (exact) mass is 255 g/mol.